The van der Waals surface area contributed by atoms with Crippen molar-refractivity contribution in [1.82, 2.24) is 4.98 Å². The summed E-state index contributed by atoms with van der Waals surface area (Å²) in [7, 11) is 0. The van der Waals surface area contributed by atoms with Gasteiger partial charge in [-0.25, -0.2) is 4.98 Å². The highest BCUT2D eigenvalue weighted by molar-refractivity contribution is 7.13. The average Bonchev–Trinajstić information content (AvgIpc) is 3.11. The van der Waals surface area contributed by atoms with Crippen LogP contribution in [0, 0.1) is 5.41 Å². The zero-order valence-corrected chi connectivity index (χ0v) is 14.0. The molecule has 2 N–H and O–H groups in total. The van der Waals surface area contributed by atoms with E-state index in [4.69, 9.17) is 19.9 Å². The SMILES string of the molecule is CCCOC[C@@H]1C[C@]2(C[C@](C)(c3csc(N)n3)OC2=O)C(=O)O1. The van der Waals surface area contributed by atoms with Gasteiger partial charge in [0.05, 0.1) is 12.3 Å². The Hall–Kier alpha value is -1.67. The van der Waals surface area contributed by atoms with Crippen molar-refractivity contribution in [1.29, 1.82) is 0 Å². The predicted octanol–water partition coefficient (Wildman–Crippen LogP) is 1.62. The molecule has 23 heavy (non-hydrogen) atoms. The number of nitrogens with two attached hydrogens (primary N) is 1. The summed E-state index contributed by atoms with van der Waals surface area (Å²) in [5.41, 5.74) is 4.02. The summed E-state index contributed by atoms with van der Waals surface area (Å²) in [4.78, 5) is 29.0. The summed E-state index contributed by atoms with van der Waals surface area (Å²) in [6.07, 6.45) is 0.968. The van der Waals surface area contributed by atoms with Gasteiger partial charge in [0, 0.05) is 24.8 Å². The van der Waals surface area contributed by atoms with Crippen molar-refractivity contribution in [2.24, 2.45) is 5.41 Å². The number of nitrogens with zero attached hydrogens (tertiary/aromatic N) is 1. The zero-order valence-electron chi connectivity index (χ0n) is 13.2. The van der Waals surface area contributed by atoms with Crippen LogP contribution in [0.2, 0.25) is 0 Å². The largest absolute Gasteiger partial charge is 0.459 e. The van der Waals surface area contributed by atoms with Crippen LogP contribution in [0.1, 0.15) is 38.8 Å². The van der Waals surface area contributed by atoms with Gasteiger partial charge in [-0.15, -0.1) is 11.3 Å². The molecule has 0 bridgehead atoms. The molecule has 1 aromatic rings. The minimum absolute atomic E-state index is 0.213. The van der Waals surface area contributed by atoms with Crippen molar-refractivity contribution in [3.8, 4) is 0 Å². The van der Waals surface area contributed by atoms with Crippen LogP contribution in [0.4, 0.5) is 5.13 Å². The standard InChI is InChI=1S/C15H20N2O5S/c1-3-4-20-6-9-5-15(11(18)21-9)8-14(2,22-12(15)19)10-7-23-13(16)17-10/h7,9H,3-6,8H2,1-2H3,(H2,16,17)/t9-,14+,15-/m0/s1. The minimum atomic E-state index is -1.26. The van der Waals surface area contributed by atoms with Gasteiger partial charge in [0.2, 0.25) is 0 Å². The highest BCUT2D eigenvalue weighted by Gasteiger charge is 2.65. The van der Waals surface area contributed by atoms with E-state index in [2.05, 4.69) is 4.98 Å². The van der Waals surface area contributed by atoms with Crippen LogP contribution in [0.5, 0.6) is 0 Å². The van der Waals surface area contributed by atoms with E-state index in [-0.39, 0.29) is 12.8 Å². The predicted molar refractivity (Wildman–Crippen MR) is 82.6 cm³/mol. The number of nitrogen functional groups attached to an aromatic ring is 1. The molecule has 3 rings (SSSR count). The van der Waals surface area contributed by atoms with E-state index in [1.54, 1.807) is 12.3 Å². The van der Waals surface area contributed by atoms with E-state index in [0.29, 0.717) is 24.0 Å². The molecule has 0 aromatic carbocycles. The third-order valence-electron chi connectivity index (χ3n) is 4.30. The van der Waals surface area contributed by atoms with Gasteiger partial charge in [-0.1, -0.05) is 6.92 Å². The van der Waals surface area contributed by atoms with Gasteiger partial charge in [0.25, 0.3) is 0 Å². The Morgan fingerprint density at radius 3 is 2.91 bits per heavy atom. The van der Waals surface area contributed by atoms with E-state index < -0.39 is 29.1 Å². The zero-order chi connectivity index (χ0) is 16.7. The number of carbonyl (C=O) groups excluding carboxylic acids is 2. The van der Waals surface area contributed by atoms with E-state index in [9.17, 15) is 9.59 Å². The number of anilines is 1. The molecule has 2 fully saturated rings. The summed E-state index contributed by atoms with van der Waals surface area (Å²) in [5, 5.41) is 2.15. The van der Waals surface area contributed by atoms with Crippen LogP contribution in [-0.2, 0) is 29.4 Å². The highest BCUT2D eigenvalue weighted by atomic mass is 32.1. The number of esters is 2. The van der Waals surface area contributed by atoms with Crippen molar-refractivity contribution in [3.63, 3.8) is 0 Å². The molecule has 0 aliphatic carbocycles. The summed E-state index contributed by atoms with van der Waals surface area (Å²) in [5.74, 6) is -1.07. The van der Waals surface area contributed by atoms with Crippen LogP contribution in [-0.4, -0.2) is 36.2 Å². The first kappa shape index (κ1) is 16.2. The number of hydrogen-bond donors (Lipinski definition) is 1. The lowest BCUT2D eigenvalue weighted by atomic mass is 9.78. The highest BCUT2D eigenvalue weighted by Crippen LogP contribution is 2.52. The number of hydrogen-bond acceptors (Lipinski definition) is 8. The second kappa shape index (κ2) is 5.76. The second-order valence-electron chi connectivity index (χ2n) is 6.26. The van der Waals surface area contributed by atoms with E-state index >= 15 is 0 Å². The first-order chi connectivity index (χ1) is 10.9. The van der Waals surface area contributed by atoms with E-state index in [1.807, 2.05) is 6.92 Å². The maximum Gasteiger partial charge on any atom is 0.324 e. The minimum Gasteiger partial charge on any atom is -0.459 e. The third kappa shape index (κ3) is 2.70. The normalized spacial score (nSPS) is 33.2. The summed E-state index contributed by atoms with van der Waals surface area (Å²) < 4.78 is 16.3. The Labute approximate surface area is 138 Å². The fraction of sp³-hybridized carbons (Fsp3) is 0.667. The molecule has 2 saturated heterocycles. The van der Waals surface area contributed by atoms with Crippen LogP contribution in [0.25, 0.3) is 0 Å². The number of carbonyl (C=O) groups is 2. The van der Waals surface area contributed by atoms with Crippen molar-refractivity contribution in [2.75, 3.05) is 18.9 Å². The van der Waals surface area contributed by atoms with Crippen LogP contribution in [0.15, 0.2) is 5.38 Å². The number of ether oxygens (including phenoxy) is 3. The Kier molecular flexibility index (Phi) is 4.05. The van der Waals surface area contributed by atoms with Gasteiger partial charge in [-0.05, 0) is 13.3 Å². The summed E-state index contributed by atoms with van der Waals surface area (Å²) in [6, 6.07) is 0. The fourth-order valence-electron chi connectivity index (χ4n) is 3.20. The van der Waals surface area contributed by atoms with Crippen LogP contribution in [0.3, 0.4) is 0 Å². The lowest BCUT2D eigenvalue weighted by molar-refractivity contribution is -0.160. The fourth-order valence-corrected chi connectivity index (χ4v) is 3.89. The molecule has 0 amide bonds. The molecule has 126 valence electrons. The van der Waals surface area contributed by atoms with Gasteiger partial charge in [-0.2, -0.15) is 0 Å². The van der Waals surface area contributed by atoms with Gasteiger partial charge < -0.3 is 19.9 Å². The van der Waals surface area contributed by atoms with Crippen molar-refractivity contribution in [3.05, 3.63) is 11.1 Å². The molecule has 1 aromatic heterocycles. The lowest BCUT2D eigenvalue weighted by Crippen LogP contribution is -2.32. The molecule has 7 nitrogen and oxygen atoms in total. The quantitative estimate of drug-likeness (QED) is 0.494. The lowest BCUT2D eigenvalue weighted by Gasteiger charge is -2.20. The summed E-state index contributed by atoms with van der Waals surface area (Å²) >= 11 is 1.28. The van der Waals surface area contributed by atoms with Crippen molar-refractivity contribution >= 4 is 28.4 Å². The molecule has 0 saturated carbocycles. The maximum absolute atomic E-state index is 12.5. The maximum atomic E-state index is 12.5. The smallest absolute Gasteiger partial charge is 0.324 e. The first-order valence-corrected chi connectivity index (χ1v) is 8.51. The van der Waals surface area contributed by atoms with E-state index in [0.717, 1.165) is 6.42 Å². The Bertz CT molecular complexity index is 633. The van der Waals surface area contributed by atoms with Crippen molar-refractivity contribution in [2.45, 2.75) is 44.8 Å². The first-order valence-electron chi connectivity index (χ1n) is 7.63. The van der Waals surface area contributed by atoms with Gasteiger partial charge in [0.15, 0.2) is 16.1 Å². The Morgan fingerprint density at radius 2 is 2.26 bits per heavy atom. The second-order valence-corrected chi connectivity index (χ2v) is 7.15. The topological polar surface area (TPSA) is 101 Å². The third-order valence-corrected chi connectivity index (χ3v) is 4.98. The van der Waals surface area contributed by atoms with Gasteiger partial charge in [-0.3, -0.25) is 9.59 Å². The Balaban J connectivity index is 1.77. The monoisotopic (exact) mass is 340 g/mol. The van der Waals surface area contributed by atoms with Crippen LogP contribution >= 0.6 is 11.3 Å². The molecular weight excluding hydrogens is 320 g/mol. The average molecular weight is 340 g/mol. The Morgan fingerprint density at radius 1 is 1.48 bits per heavy atom. The number of aromatic nitrogens is 1. The number of thiazole rings is 1. The molecule has 1 spiro atoms. The summed E-state index contributed by atoms with van der Waals surface area (Å²) in [6.45, 7) is 4.65. The van der Waals surface area contributed by atoms with Gasteiger partial charge in [0.1, 0.15) is 6.10 Å². The molecule has 0 radical (unpaired) electrons. The molecular formula is C15H20N2O5S. The van der Waals surface area contributed by atoms with E-state index in [1.165, 1.54) is 11.3 Å². The van der Waals surface area contributed by atoms with Crippen LogP contribution < -0.4 is 5.73 Å². The molecule has 3 heterocycles. The molecule has 8 heteroatoms. The molecule has 3 atom stereocenters. The molecule has 2 aliphatic rings. The molecule has 0 unspecified atom stereocenters. The number of rotatable bonds is 5. The van der Waals surface area contributed by atoms with Crippen molar-refractivity contribution < 1.29 is 23.8 Å². The molecule has 2 aliphatic heterocycles. The number of cyclic esters (lactones) is 2. The van der Waals surface area contributed by atoms with Gasteiger partial charge >= 0.3 is 11.9 Å².